The molecular weight excluding hydrogens is 303 g/mol. The van der Waals surface area contributed by atoms with Crippen molar-refractivity contribution in [1.82, 2.24) is 9.55 Å². The topological polar surface area (TPSA) is 58.7 Å². The van der Waals surface area contributed by atoms with Gasteiger partial charge in [0.25, 0.3) is 5.56 Å². The average Bonchev–Trinajstić information content (AvgIpc) is 2.43. The van der Waals surface area contributed by atoms with Gasteiger partial charge in [0.05, 0.1) is 17.2 Å². The summed E-state index contributed by atoms with van der Waals surface area (Å²) in [4.78, 5) is 15.8. The molecule has 0 aliphatic heterocycles. The van der Waals surface area contributed by atoms with Gasteiger partial charge in [-0.25, -0.2) is 4.98 Å². The molecule has 0 atom stereocenters. The molecule has 0 fully saturated rings. The Hall–Kier alpha value is -2.27. The van der Waals surface area contributed by atoms with Gasteiger partial charge in [0.2, 0.25) is 0 Å². The summed E-state index contributed by atoms with van der Waals surface area (Å²) >= 11 is 0.824. The monoisotopic (exact) mass is 311 g/mol. The van der Waals surface area contributed by atoms with E-state index in [1.54, 1.807) is 0 Å². The third-order valence-electron chi connectivity index (χ3n) is 2.62. The van der Waals surface area contributed by atoms with Crippen LogP contribution in [-0.4, -0.2) is 9.55 Å². The number of halogens is 3. The Labute approximate surface area is 121 Å². The Kier molecular flexibility index (Phi) is 4.04. The first kappa shape index (κ1) is 15.1. The van der Waals surface area contributed by atoms with E-state index in [0.29, 0.717) is 0 Å². The third kappa shape index (κ3) is 3.25. The molecule has 2 aromatic rings. The second kappa shape index (κ2) is 5.61. The van der Waals surface area contributed by atoms with Crippen LogP contribution < -0.4 is 5.56 Å². The van der Waals surface area contributed by atoms with Crippen molar-refractivity contribution in [2.24, 2.45) is 7.05 Å². The van der Waals surface area contributed by atoms with Crippen LogP contribution in [0.3, 0.4) is 0 Å². The van der Waals surface area contributed by atoms with Crippen LogP contribution in [0.2, 0.25) is 0 Å². The van der Waals surface area contributed by atoms with Crippen LogP contribution in [-0.2, 0) is 13.2 Å². The zero-order valence-corrected chi connectivity index (χ0v) is 11.5. The van der Waals surface area contributed by atoms with Gasteiger partial charge in [-0.2, -0.15) is 18.4 Å². The van der Waals surface area contributed by atoms with E-state index in [4.69, 9.17) is 5.26 Å². The Morgan fingerprint density at radius 1 is 1.38 bits per heavy atom. The first-order valence-electron chi connectivity index (χ1n) is 5.64. The van der Waals surface area contributed by atoms with Gasteiger partial charge in [-0.05, 0) is 18.2 Å². The maximum Gasteiger partial charge on any atom is 0.417 e. The van der Waals surface area contributed by atoms with Gasteiger partial charge in [0.15, 0.2) is 5.03 Å². The van der Waals surface area contributed by atoms with Crippen LogP contribution in [0, 0.1) is 11.3 Å². The first-order valence-corrected chi connectivity index (χ1v) is 6.45. The van der Waals surface area contributed by atoms with Gasteiger partial charge in [-0.3, -0.25) is 4.79 Å². The lowest BCUT2D eigenvalue weighted by molar-refractivity contribution is -0.137. The lowest BCUT2D eigenvalue weighted by Crippen LogP contribution is -2.18. The normalized spacial score (nSPS) is 11.2. The van der Waals surface area contributed by atoms with Crippen molar-refractivity contribution in [1.29, 1.82) is 5.26 Å². The molecule has 4 nitrogen and oxygen atoms in total. The second-order valence-corrected chi connectivity index (χ2v) is 5.13. The van der Waals surface area contributed by atoms with Crippen molar-refractivity contribution in [3.8, 4) is 6.07 Å². The fourth-order valence-electron chi connectivity index (χ4n) is 1.58. The predicted octanol–water partition coefficient (Wildman–Crippen LogP) is 2.82. The zero-order chi connectivity index (χ0) is 15.6. The molecule has 0 radical (unpaired) electrons. The van der Waals surface area contributed by atoms with Crippen LogP contribution in [0.15, 0.2) is 45.3 Å². The van der Waals surface area contributed by atoms with Gasteiger partial charge in [-0.1, -0.05) is 11.8 Å². The van der Waals surface area contributed by atoms with E-state index < -0.39 is 22.9 Å². The fraction of sp³-hybridized carbons (Fsp3) is 0.154. The van der Waals surface area contributed by atoms with Gasteiger partial charge in [0.1, 0.15) is 0 Å². The second-order valence-electron chi connectivity index (χ2n) is 4.07. The maximum atomic E-state index is 12.9. The molecule has 0 bridgehead atoms. The van der Waals surface area contributed by atoms with E-state index in [2.05, 4.69) is 4.98 Å². The largest absolute Gasteiger partial charge is 0.417 e. The molecule has 0 N–H and O–H groups in total. The minimum atomic E-state index is -4.63. The summed E-state index contributed by atoms with van der Waals surface area (Å²) in [6, 6.07) is 4.78. The highest BCUT2D eigenvalue weighted by Gasteiger charge is 2.33. The van der Waals surface area contributed by atoms with E-state index in [0.717, 1.165) is 23.9 Å². The number of rotatable bonds is 2. The quantitative estimate of drug-likeness (QED) is 0.855. The third-order valence-corrected chi connectivity index (χ3v) is 3.58. The Morgan fingerprint density at radius 2 is 2.10 bits per heavy atom. The molecule has 0 unspecified atom stereocenters. The molecule has 0 amide bonds. The molecule has 0 spiro atoms. The Bertz CT molecular complexity index is 777. The molecule has 0 aliphatic carbocycles. The van der Waals surface area contributed by atoms with Crippen molar-refractivity contribution in [3.63, 3.8) is 0 Å². The highest BCUT2D eigenvalue weighted by Crippen LogP contribution is 2.35. The highest BCUT2D eigenvalue weighted by atomic mass is 32.2. The van der Waals surface area contributed by atoms with Crippen LogP contribution in [0.5, 0.6) is 0 Å². The smallest absolute Gasteiger partial charge is 0.315 e. The van der Waals surface area contributed by atoms with Crippen molar-refractivity contribution >= 4 is 11.8 Å². The first-order chi connectivity index (χ1) is 9.82. The Balaban J connectivity index is 2.45. The van der Waals surface area contributed by atoms with E-state index in [-0.39, 0.29) is 9.92 Å². The number of nitriles is 1. The number of benzene rings is 1. The molecule has 8 heteroatoms. The molecule has 0 saturated carbocycles. The molecule has 21 heavy (non-hydrogen) atoms. The minimum Gasteiger partial charge on any atom is -0.315 e. The summed E-state index contributed by atoms with van der Waals surface area (Å²) < 4.78 is 39.8. The van der Waals surface area contributed by atoms with Crippen LogP contribution in [0.25, 0.3) is 0 Å². The lowest BCUT2D eigenvalue weighted by Gasteiger charge is -2.10. The number of aryl methyl sites for hydroxylation is 1. The van der Waals surface area contributed by atoms with Crippen molar-refractivity contribution in [3.05, 3.63) is 52.1 Å². The number of aromatic nitrogens is 2. The van der Waals surface area contributed by atoms with Crippen LogP contribution in [0.1, 0.15) is 11.1 Å². The van der Waals surface area contributed by atoms with Crippen LogP contribution in [0.4, 0.5) is 13.2 Å². The SMILES string of the molecule is Cn1ccnc(Sc2ccc(C#N)c(C(F)(F)F)c2)c1=O. The molecule has 2 rings (SSSR count). The fourth-order valence-corrected chi connectivity index (χ4v) is 2.46. The maximum absolute atomic E-state index is 12.9. The van der Waals surface area contributed by atoms with Crippen molar-refractivity contribution in [2.75, 3.05) is 0 Å². The Morgan fingerprint density at radius 3 is 2.71 bits per heavy atom. The summed E-state index contributed by atoms with van der Waals surface area (Å²) in [7, 11) is 1.52. The summed E-state index contributed by atoms with van der Waals surface area (Å²) in [6.07, 6.45) is -1.79. The molecule has 1 aromatic carbocycles. The minimum absolute atomic E-state index is 0.0674. The zero-order valence-electron chi connectivity index (χ0n) is 10.7. The molecule has 0 aliphatic rings. The molecule has 108 valence electrons. The molecule has 0 saturated heterocycles. The van der Waals surface area contributed by atoms with E-state index in [1.165, 1.54) is 36.1 Å². The number of nitrogens with zero attached hydrogens (tertiary/aromatic N) is 3. The van der Waals surface area contributed by atoms with Gasteiger partial charge >= 0.3 is 6.18 Å². The molecule has 1 heterocycles. The van der Waals surface area contributed by atoms with Crippen molar-refractivity contribution < 1.29 is 13.2 Å². The summed E-state index contributed by atoms with van der Waals surface area (Å²) in [5.41, 5.74) is -1.89. The lowest BCUT2D eigenvalue weighted by atomic mass is 10.1. The van der Waals surface area contributed by atoms with Gasteiger partial charge in [-0.15, -0.1) is 0 Å². The highest BCUT2D eigenvalue weighted by molar-refractivity contribution is 7.99. The molecule has 1 aromatic heterocycles. The standard InChI is InChI=1S/C13H8F3N3OS/c1-19-5-4-18-11(12(19)20)21-9-3-2-8(7-17)10(6-9)13(14,15)16/h2-6H,1H3. The van der Waals surface area contributed by atoms with E-state index in [1.807, 2.05) is 0 Å². The van der Waals surface area contributed by atoms with E-state index in [9.17, 15) is 18.0 Å². The van der Waals surface area contributed by atoms with Gasteiger partial charge < -0.3 is 4.57 Å². The summed E-state index contributed by atoms with van der Waals surface area (Å²) in [5.74, 6) is 0. The predicted molar refractivity (Wildman–Crippen MR) is 69.8 cm³/mol. The molecular formula is C13H8F3N3OS. The average molecular weight is 311 g/mol. The number of hydrogen-bond donors (Lipinski definition) is 0. The van der Waals surface area contributed by atoms with Gasteiger partial charge in [0, 0.05) is 24.3 Å². The van der Waals surface area contributed by atoms with E-state index >= 15 is 0 Å². The number of alkyl halides is 3. The van der Waals surface area contributed by atoms with Crippen molar-refractivity contribution in [2.45, 2.75) is 16.1 Å². The summed E-state index contributed by atoms with van der Waals surface area (Å²) in [6.45, 7) is 0. The number of hydrogen-bond acceptors (Lipinski definition) is 4. The van der Waals surface area contributed by atoms with Crippen LogP contribution >= 0.6 is 11.8 Å². The summed E-state index contributed by atoms with van der Waals surface area (Å²) in [5, 5.41) is 8.79.